The summed E-state index contributed by atoms with van der Waals surface area (Å²) in [4.78, 5) is 12.1. The number of amides is 1. The molecule has 1 saturated carbocycles. The minimum Gasteiger partial charge on any atom is -0.349 e. The zero-order valence-electron chi connectivity index (χ0n) is 11.5. The molecule has 0 unspecified atom stereocenters. The molecule has 1 aliphatic rings. The van der Waals surface area contributed by atoms with Gasteiger partial charge in [-0.2, -0.15) is 0 Å². The van der Waals surface area contributed by atoms with E-state index in [1.165, 1.54) is 0 Å². The Hall–Kier alpha value is -1.79. The van der Waals surface area contributed by atoms with Crippen molar-refractivity contribution in [3.8, 4) is 11.8 Å². The van der Waals surface area contributed by atoms with Gasteiger partial charge >= 0.3 is 0 Å². The van der Waals surface area contributed by atoms with Gasteiger partial charge < -0.3 is 11.1 Å². The smallest absolute Gasteiger partial charge is 0.251 e. The highest BCUT2D eigenvalue weighted by Gasteiger charge is 2.26. The Bertz CT molecular complexity index is 533. The number of nitrogens with one attached hydrogen (secondary N) is 1. The number of aryl methyl sites for hydroxylation is 1. The predicted octanol–water partition coefficient (Wildman–Crippen LogP) is 1.83. The first-order chi connectivity index (χ1) is 9.10. The largest absolute Gasteiger partial charge is 0.349 e. The second-order valence-electron chi connectivity index (χ2n) is 5.28. The lowest BCUT2D eigenvalue weighted by molar-refractivity contribution is 0.0896. The van der Waals surface area contributed by atoms with Crippen molar-refractivity contribution in [2.45, 2.75) is 32.7 Å². The fourth-order valence-electron chi connectivity index (χ4n) is 2.33. The molecule has 1 amide bonds. The monoisotopic (exact) mass is 256 g/mol. The topological polar surface area (TPSA) is 55.1 Å². The quantitative estimate of drug-likeness (QED) is 0.793. The van der Waals surface area contributed by atoms with E-state index >= 15 is 0 Å². The molecule has 3 nitrogen and oxygen atoms in total. The van der Waals surface area contributed by atoms with Gasteiger partial charge in [0.05, 0.1) is 6.54 Å². The Balaban J connectivity index is 2.09. The van der Waals surface area contributed by atoms with Gasteiger partial charge in [0.25, 0.3) is 5.91 Å². The molecule has 0 radical (unpaired) electrons. The van der Waals surface area contributed by atoms with E-state index in [0.29, 0.717) is 18.2 Å². The molecule has 0 atom stereocenters. The van der Waals surface area contributed by atoms with Gasteiger partial charge in [-0.25, -0.2) is 0 Å². The highest BCUT2D eigenvalue weighted by Crippen LogP contribution is 2.26. The number of carbonyl (C=O) groups is 1. The van der Waals surface area contributed by atoms with Gasteiger partial charge in [-0.3, -0.25) is 4.79 Å². The first-order valence-corrected chi connectivity index (χ1v) is 6.70. The van der Waals surface area contributed by atoms with Crippen molar-refractivity contribution in [1.82, 2.24) is 5.32 Å². The summed E-state index contributed by atoms with van der Waals surface area (Å²) in [6, 6.07) is 5.96. The maximum Gasteiger partial charge on any atom is 0.251 e. The Kier molecular flexibility index (Phi) is 4.24. The first kappa shape index (κ1) is 13.6. The van der Waals surface area contributed by atoms with E-state index in [2.05, 4.69) is 24.1 Å². The number of rotatable bonds is 2. The summed E-state index contributed by atoms with van der Waals surface area (Å²) in [7, 11) is 0. The summed E-state index contributed by atoms with van der Waals surface area (Å²) >= 11 is 0. The molecule has 0 aliphatic heterocycles. The van der Waals surface area contributed by atoms with E-state index < -0.39 is 0 Å². The number of hydrogen-bond donors (Lipinski definition) is 2. The van der Waals surface area contributed by atoms with Crippen LogP contribution >= 0.6 is 0 Å². The molecule has 0 heterocycles. The van der Waals surface area contributed by atoms with Crippen LogP contribution in [0.25, 0.3) is 0 Å². The van der Waals surface area contributed by atoms with Crippen molar-refractivity contribution in [1.29, 1.82) is 0 Å². The molecule has 3 N–H and O–H groups in total. The van der Waals surface area contributed by atoms with E-state index in [1.807, 2.05) is 25.1 Å². The van der Waals surface area contributed by atoms with Crippen LogP contribution in [0, 0.1) is 24.7 Å². The molecule has 1 aromatic rings. The normalized spacial score (nSPS) is 21.0. The van der Waals surface area contributed by atoms with Crippen molar-refractivity contribution in [3.05, 3.63) is 34.9 Å². The van der Waals surface area contributed by atoms with Crippen LogP contribution in [0.1, 0.15) is 41.3 Å². The van der Waals surface area contributed by atoms with Gasteiger partial charge in [0.2, 0.25) is 0 Å². The van der Waals surface area contributed by atoms with Crippen molar-refractivity contribution < 1.29 is 4.79 Å². The Morgan fingerprint density at radius 2 is 2.21 bits per heavy atom. The third-order valence-corrected chi connectivity index (χ3v) is 3.53. The van der Waals surface area contributed by atoms with Crippen LogP contribution in [0.4, 0.5) is 0 Å². The van der Waals surface area contributed by atoms with Gasteiger partial charge in [0.1, 0.15) is 0 Å². The van der Waals surface area contributed by atoms with Crippen LogP contribution in [0.5, 0.6) is 0 Å². The summed E-state index contributed by atoms with van der Waals surface area (Å²) < 4.78 is 0. The highest BCUT2D eigenvalue weighted by molar-refractivity contribution is 5.95. The Morgan fingerprint density at radius 1 is 1.47 bits per heavy atom. The second-order valence-corrected chi connectivity index (χ2v) is 5.28. The van der Waals surface area contributed by atoms with Crippen LogP contribution in [-0.2, 0) is 0 Å². The van der Waals surface area contributed by atoms with Crippen molar-refractivity contribution in [3.63, 3.8) is 0 Å². The predicted molar refractivity (Wildman–Crippen MR) is 76.8 cm³/mol. The molecule has 0 saturated heterocycles. The molecular weight excluding hydrogens is 236 g/mol. The van der Waals surface area contributed by atoms with Crippen LogP contribution < -0.4 is 11.1 Å². The van der Waals surface area contributed by atoms with Crippen molar-refractivity contribution in [2.75, 3.05) is 6.54 Å². The molecular formula is C16H20N2O. The van der Waals surface area contributed by atoms with Gasteiger partial charge in [-0.05, 0) is 43.4 Å². The molecule has 3 heteroatoms. The van der Waals surface area contributed by atoms with Crippen LogP contribution in [0.3, 0.4) is 0 Å². The molecule has 0 aromatic heterocycles. The third-order valence-electron chi connectivity index (χ3n) is 3.53. The van der Waals surface area contributed by atoms with Gasteiger partial charge in [-0.1, -0.05) is 24.8 Å². The summed E-state index contributed by atoms with van der Waals surface area (Å²) in [5.74, 6) is 6.55. The van der Waals surface area contributed by atoms with Crippen LogP contribution in [0.15, 0.2) is 18.2 Å². The van der Waals surface area contributed by atoms with Gasteiger partial charge in [0.15, 0.2) is 0 Å². The van der Waals surface area contributed by atoms with Gasteiger partial charge in [0, 0.05) is 17.2 Å². The number of carbonyl (C=O) groups excluding carboxylic acids is 1. The molecule has 0 bridgehead atoms. The minimum atomic E-state index is -0.00676. The van der Waals surface area contributed by atoms with Gasteiger partial charge in [-0.15, -0.1) is 0 Å². The highest BCUT2D eigenvalue weighted by atomic mass is 16.1. The lowest BCUT2D eigenvalue weighted by Gasteiger charge is -2.33. The van der Waals surface area contributed by atoms with E-state index in [1.54, 1.807) is 0 Å². The second kappa shape index (κ2) is 5.90. The number of hydrogen-bond acceptors (Lipinski definition) is 2. The van der Waals surface area contributed by atoms with E-state index in [0.717, 1.165) is 29.9 Å². The standard InChI is InChI=1S/C16H20N2O/c1-11-8-15(9-11)18-16(19)14-6-5-12(2)13(10-14)4-3-7-17/h5-6,10-11,15H,7-9,17H2,1-2H3,(H,18,19). The lowest BCUT2D eigenvalue weighted by Crippen LogP contribution is -2.43. The SMILES string of the molecule is Cc1ccc(C(=O)NC2CC(C)C2)cc1C#CCN. The number of nitrogens with two attached hydrogens (primary N) is 1. The summed E-state index contributed by atoms with van der Waals surface area (Å²) in [5, 5.41) is 3.05. The molecule has 1 aromatic carbocycles. The molecule has 1 aliphatic carbocycles. The van der Waals surface area contributed by atoms with E-state index in [-0.39, 0.29) is 5.91 Å². The Labute approximate surface area is 114 Å². The lowest BCUT2D eigenvalue weighted by atomic mass is 9.82. The number of benzene rings is 1. The molecule has 100 valence electrons. The van der Waals surface area contributed by atoms with Crippen molar-refractivity contribution >= 4 is 5.91 Å². The minimum absolute atomic E-state index is 0.00676. The Morgan fingerprint density at radius 3 is 2.84 bits per heavy atom. The molecule has 19 heavy (non-hydrogen) atoms. The zero-order valence-corrected chi connectivity index (χ0v) is 11.5. The summed E-state index contributed by atoms with van der Waals surface area (Å²) in [6.45, 7) is 4.51. The average molecular weight is 256 g/mol. The zero-order chi connectivity index (χ0) is 13.8. The van der Waals surface area contributed by atoms with Crippen molar-refractivity contribution in [2.24, 2.45) is 11.7 Å². The summed E-state index contributed by atoms with van der Waals surface area (Å²) in [6.07, 6.45) is 2.16. The molecule has 2 rings (SSSR count). The fraction of sp³-hybridized carbons (Fsp3) is 0.438. The average Bonchev–Trinajstić information content (AvgIpc) is 2.36. The molecule has 0 spiro atoms. The maximum absolute atomic E-state index is 12.1. The molecule has 1 fully saturated rings. The maximum atomic E-state index is 12.1. The first-order valence-electron chi connectivity index (χ1n) is 6.70. The van der Waals surface area contributed by atoms with E-state index in [9.17, 15) is 4.79 Å². The van der Waals surface area contributed by atoms with Crippen LogP contribution in [0.2, 0.25) is 0 Å². The summed E-state index contributed by atoms with van der Waals surface area (Å²) in [5.41, 5.74) is 7.99. The third kappa shape index (κ3) is 3.36. The van der Waals surface area contributed by atoms with E-state index in [4.69, 9.17) is 5.73 Å². The fourth-order valence-corrected chi connectivity index (χ4v) is 2.33. The van der Waals surface area contributed by atoms with Crippen LogP contribution in [-0.4, -0.2) is 18.5 Å².